The van der Waals surface area contributed by atoms with E-state index in [-0.39, 0.29) is 15.6 Å². The van der Waals surface area contributed by atoms with E-state index >= 15 is 0 Å². The van der Waals surface area contributed by atoms with Crippen LogP contribution in [0.3, 0.4) is 0 Å². The Morgan fingerprint density at radius 1 is 1.17 bits per heavy atom. The molecule has 4 nitrogen and oxygen atoms in total. The maximum absolute atomic E-state index is 13.6. The van der Waals surface area contributed by atoms with Gasteiger partial charge in [-0.1, -0.05) is 19.1 Å². The summed E-state index contributed by atoms with van der Waals surface area (Å²) in [4.78, 5) is 11.0. The smallest absolute Gasteiger partial charge is 0.209 e. The minimum atomic E-state index is -3.92. The molecule has 0 fully saturated rings. The summed E-state index contributed by atoms with van der Waals surface area (Å²) in [7, 11) is -3.92. The van der Waals surface area contributed by atoms with Gasteiger partial charge in [-0.05, 0) is 56.3 Å². The fourth-order valence-electron chi connectivity index (χ4n) is 1.99. The predicted octanol–water partition coefficient (Wildman–Crippen LogP) is 3.13. The Labute approximate surface area is 136 Å². The van der Waals surface area contributed by atoms with E-state index in [1.807, 2.05) is 6.92 Å². The van der Waals surface area contributed by atoms with Gasteiger partial charge in [-0.3, -0.25) is 4.79 Å². The van der Waals surface area contributed by atoms with Crippen LogP contribution in [0.15, 0.2) is 52.3 Å². The van der Waals surface area contributed by atoms with Crippen LogP contribution in [0.4, 0.5) is 4.39 Å². The van der Waals surface area contributed by atoms with Crippen molar-refractivity contribution in [3.8, 4) is 0 Å². The molecule has 2 aromatic carbocycles. The first kappa shape index (κ1) is 19.0. The zero-order valence-electron chi connectivity index (χ0n) is 13.3. The second kappa shape index (κ2) is 7.99. The molecular formula is C17H20FNO3S. The molecule has 0 radical (unpaired) electrons. The van der Waals surface area contributed by atoms with E-state index in [1.165, 1.54) is 43.3 Å². The highest BCUT2D eigenvalue weighted by Gasteiger charge is 2.22. The van der Waals surface area contributed by atoms with Gasteiger partial charge < -0.3 is 5.73 Å². The van der Waals surface area contributed by atoms with Crippen molar-refractivity contribution in [1.29, 1.82) is 0 Å². The average Bonchev–Trinajstić information content (AvgIpc) is 2.47. The molecule has 6 heteroatoms. The van der Waals surface area contributed by atoms with Crippen molar-refractivity contribution in [1.82, 2.24) is 0 Å². The van der Waals surface area contributed by atoms with Crippen LogP contribution in [-0.2, 0) is 9.84 Å². The van der Waals surface area contributed by atoms with Gasteiger partial charge in [0.1, 0.15) is 10.7 Å². The second-order valence-corrected chi connectivity index (χ2v) is 6.79. The molecule has 0 atom stereocenters. The van der Waals surface area contributed by atoms with Crippen molar-refractivity contribution < 1.29 is 17.6 Å². The van der Waals surface area contributed by atoms with Gasteiger partial charge >= 0.3 is 0 Å². The third-order valence-corrected chi connectivity index (χ3v) is 4.80. The van der Waals surface area contributed by atoms with E-state index in [0.717, 1.165) is 12.6 Å². The Kier molecular flexibility index (Phi) is 6.60. The largest absolute Gasteiger partial charge is 0.331 e. The molecule has 2 rings (SSSR count). The summed E-state index contributed by atoms with van der Waals surface area (Å²) >= 11 is 0. The second-order valence-electron chi connectivity index (χ2n) is 4.88. The molecule has 0 heterocycles. The molecule has 23 heavy (non-hydrogen) atoms. The van der Waals surface area contributed by atoms with Crippen molar-refractivity contribution in [2.45, 2.75) is 30.6 Å². The number of hydrogen-bond donors (Lipinski definition) is 1. The number of carbonyl (C=O) groups excluding carboxylic acids is 1. The SMILES string of the molecule is CC(=O)c1ccc(S(=O)(=O)c2ccccc2F)cc1C.CCN. The Hall–Kier alpha value is -2.05. The standard InChI is InChI=1S/C15H13FO3S.C2H7N/c1-10-9-12(7-8-13(10)11(2)17)20(18,19)15-6-4-3-5-14(15)16;1-2-3/h3-9H,1-2H3;2-3H2,1H3. The predicted molar refractivity (Wildman–Crippen MR) is 87.8 cm³/mol. The van der Waals surface area contributed by atoms with Crippen LogP contribution in [-0.4, -0.2) is 20.7 Å². The lowest BCUT2D eigenvalue weighted by atomic mass is 10.1. The summed E-state index contributed by atoms with van der Waals surface area (Å²) < 4.78 is 38.4. The summed E-state index contributed by atoms with van der Waals surface area (Å²) in [6.45, 7) is 5.71. The minimum absolute atomic E-state index is 0.0231. The molecule has 0 bridgehead atoms. The molecule has 2 N–H and O–H groups in total. The normalized spacial score (nSPS) is 10.7. The minimum Gasteiger partial charge on any atom is -0.331 e. The highest BCUT2D eigenvalue weighted by molar-refractivity contribution is 7.91. The summed E-state index contributed by atoms with van der Waals surface area (Å²) in [5, 5.41) is 0. The fraction of sp³-hybridized carbons (Fsp3) is 0.235. The van der Waals surface area contributed by atoms with E-state index in [4.69, 9.17) is 5.73 Å². The first-order valence-electron chi connectivity index (χ1n) is 7.07. The molecule has 2 aromatic rings. The number of rotatable bonds is 3. The number of sulfone groups is 1. The van der Waals surface area contributed by atoms with E-state index in [0.29, 0.717) is 11.1 Å². The highest BCUT2D eigenvalue weighted by atomic mass is 32.2. The van der Waals surface area contributed by atoms with Gasteiger partial charge in [-0.15, -0.1) is 0 Å². The third-order valence-electron chi connectivity index (χ3n) is 3.01. The molecule has 0 spiro atoms. The monoisotopic (exact) mass is 337 g/mol. The molecule has 124 valence electrons. The van der Waals surface area contributed by atoms with Crippen LogP contribution in [0.5, 0.6) is 0 Å². The molecule has 0 saturated heterocycles. The number of nitrogens with two attached hydrogens (primary N) is 1. The quantitative estimate of drug-likeness (QED) is 0.873. The van der Waals surface area contributed by atoms with E-state index in [2.05, 4.69) is 0 Å². The lowest BCUT2D eigenvalue weighted by molar-refractivity contribution is 0.101. The maximum atomic E-state index is 13.6. The zero-order valence-corrected chi connectivity index (χ0v) is 14.2. The fourth-order valence-corrected chi connectivity index (χ4v) is 3.40. The van der Waals surface area contributed by atoms with E-state index in [1.54, 1.807) is 6.92 Å². The zero-order chi connectivity index (χ0) is 17.6. The Morgan fingerprint density at radius 3 is 2.22 bits per heavy atom. The highest BCUT2D eigenvalue weighted by Crippen LogP contribution is 2.25. The van der Waals surface area contributed by atoms with Gasteiger partial charge in [-0.2, -0.15) is 0 Å². The summed E-state index contributed by atoms with van der Waals surface area (Å²) in [5.41, 5.74) is 5.85. The molecule has 0 aliphatic carbocycles. The lowest BCUT2D eigenvalue weighted by Crippen LogP contribution is -2.06. The number of ketones is 1. The molecule has 0 saturated carbocycles. The number of hydrogen-bond acceptors (Lipinski definition) is 4. The Bertz CT molecular complexity index is 801. The van der Waals surface area contributed by atoms with Crippen LogP contribution < -0.4 is 5.73 Å². The van der Waals surface area contributed by atoms with Gasteiger partial charge in [0.2, 0.25) is 9.84 Å². The van der Waals surface area contributed by atoms with Crippen LogP contribution in [0.2, 0.25) is 0 Å². The molecule has 0 aliphatic heterocycles. The van der Waals surface area contributed by atoms with Crippen LogP contribution in [0, 0.1) is 12.7 Å². The van der Waals surface area contributed by atoms with Crippen LogP contribution in [0.25, 0.3) is 0 Å². The first-order chi connectivity index (χ1) is 10.8. The molecule has 0 unspecified atom stereocenters. The van der Waals surface area contributed by atoms with Gasteiger partial charge in [-0.25, -0.2) is 12.8 Å². The Morgan fingerprint density at radius 2 is 1.74 bits per heavy atom. The number of aryl methyl sites for hydroxylation is 1. The van der Waals surface area contributed by atoms with Crippen LogP contribution in [0.1, 0.15) is 29.8 Å². The van der Waals surface area contributed by atoms with E-state index in [9.17, 15) is 17.6 Å². The molecular weight excluding hydrogens is 317 g/mol. The van der Waals surface area contributed by atoms with Gasteiger partial charge in [0.25, 0.3) is 0 Å². The third kappa shape index (κ3) is 4.46. The maximum Gasteiger partial charge on any atom is 0.209 e. The van der Waals surface area contributed by atoms with Gasteiger partial charge in [0.05, 0.1) is 4.90 Å². The van der Waals surface area contributed by atoms with E-state index < -0.39 is 15.7 Å². The van der Waals surface area contributed by atoms with Crippen molar-refractivity contribution in [3.05, 3.63) is 59.4 Å². The molecule has 0 amide bonds. The Balaban J connectivity index is 0.000000816. The van der Waals surface area contributed by atoms with Crippen molar-refractivity contribution in [3.63, 3.8) is 0 Å². The topological polar surface area (TPSA) is 77.2 Å². The molecule has 0 aromatic heterocycles. The summed E-state index contributed by atoms with van der Waals surface area (Å²) in [6, 6.07) is 9.38. The summed E-state index contributed by atoms with van der Waals surface area (Å²) in [6.07, 6.45) is 0. The van der Waals surface area contributed by atoms with Crippen LogP contribution >= 0.6 is 0 Å². The molecule has 0 aliphatic rings. The number of halogens is 1. The van der Waals surface area contributed by atoms with Gasteiger partial charge in [0, 0.05) is 5.56 Å². The van der Waals surface area contributed by atoms with Crippen molar-refractivity contribution in [2.75, 3.05) is 6.54 Å². The lowest BCUT2D eigenvalue weighted by Gasteiger charge is -2.08. The number of Topliss-reactive ketones (excluding diaryl/α,β-unsaturated/α-hetero) is 1. The summed E-state index contributed by atoms with van der Waals surface area (Å²) in [5.74, 6) is -0.932. The van der Waals surface area contributed by atoms with Crippen molar-refractivity contribution in [2.24, 2.45) is 5.73 Å². The van der Waals surface area contributed by atoms with Crippen molar-refractivity contribution >= 4 is 15.6 Å². The number of carbonyl (C=O) groups is 1. The first-order valence-corrected chi connectivity index (χ1v) is 8.55. The van der Waals surface area contributed by atoms with Gasteiger partial charge in [0.15, 0.2) is 5.78 Å². The number of benzene rings is 2. The average molecular weight is 337 g/mol.